The second-order valence-corrected chi connectivity index (χ2v) is 6.90. The molecular formula is C20H23N5O2. The molecule has 1 aromatic carbocycles. The molecule has 2 aromatic heterocycles. The summed E-state index contributed by atoms with van der Waals surface area (Å²) in [7, 11) is 1.66. The van der Waals surface area contributed by atoms with Gasteiger partial charge in [0.15, 0.2) is 0 Å². The van der Waals surface area contributed by atoms with Gasteiger partial charge in [-0.2, -0.15) is 5.10 Å². The molecule has 7 nitrogen and oxygen atoms in total. The van der Waals surface area contributed by atoms with Crippen LogP contribution in [0.1, 0.15) is 35.8 Å². The van der Waals surface area contributed by atoms with Gasteiger partial charge < -0.3 is 15.2 Å². The van der Waals surface area contributed by atoms with Gasteiger partial charge in [-0.3, -0.25) is 5.10 Å². The van der Waals surface area contributed by atoms with Crippen molar-refractivity contribution >= 4 is 5.82 Å². The van der Waals surface area contributed by atoms with Gasteiger partial charge >= 0.3 is 0 Å². The highest BCUT2D eigenvalue weighted by Crippen LogP contribution is 2.36. The van der Waals surface area contributed by atoms with E-state index in [2.05, 4.69) is 25.5 Å². The molecule has 0 aliphatic heterocycles. The number of aliphatic hydroxyl groups excluding tert-OH is 1. The number of hydrogen-bond acceptors (Lipinski definition) is 6. The summed E-state index contributed by atoms with van der Waals surface area (Å²) in [4.78, 5) is 9.01. The van der Waals surface area contributed by atoms with Crippen molar-refractivity contribution < 1.29 is 9.84 Å². The molecule has 27 heavy (non-hydrogen) atoms. The van der Waals surface area contributed by atoms with Crippen LogP contribution in [0.4, 0.5) is 5.82 Å². The van der Waals surface area contributed by atoms with E-state index in [0.29, 0.717) is 12.5 Å². The largest absolute Gasteiger partial charge is 0.497 e. The van der Waals surface area contributed by atoms with E-state index >= 15 is 0 Å². The first-order valence-corrected chi connectivity index (χ1v) is 9.06. The summed E-state index contributed by atoms with van der Waals surface area (Å²) in [5, 5.41) is 20.2. The Morgan fingerprint density at radius 2 is 2.00 bits per heavy atom. The summed E-state index contributed by atoms with van der Waals surface area (Å²) in [5.41, 5.74) is 4.07. The van der Waals surface area contributed by atoms with E-state index in [0.717, 1.165) is 52.7 Å². The summed E-state index contributed by atoms with van der Waals surface area (Å²) in [6, 6.07) is 9.85. The Bertz CT molecular complexity index is 916. The third-order valence-electron chi connectivity index (χ3n) is 4.95. The summed E-state index contributed by atoms with van der Waals surface area (Å²) in [6.07, 6.45) is 3.18. The van der Waals surface area contributed by atoms with Crippen LogP contribution in [-0.4, -0.2) is 38.5 Å². The van der Waals surface area contributed by atoms with Crippen molar-refractivity contribution in [2.45, 2.75) is 38.3 Å². The number of nitrogens with zero attached hydrogens (tertiary/aromatic N) is 3. The van der Waals surface area contributed by atoms with Gasteiger partial charge in [-0.15, -0.1) is 0 Å². The van der Waals surface area contributed by atoms with Crippen molar-refractivity contribution in [2.75, 3.05) is 12.4 Å². The van der Waals surface area contributed by atoms with Crippen LogP contribution in [0, 0.1) is 6.92 Å². The van der Waals surface area contributed by atoms with E-state index in [4.69, 9.17) is 4.74 Å². The maximum atomic E-state index is 9.54. The highest BCUT2D eigenvalue weighted by Gasteiger charge is 2.30. The lowest BCUT2D eigenvalue weighted by Crippen LogP contribution is -2.27. The standard InChI is InChI=1S/C20H23N5O2/c1-12-23-18(14-7-16(26)8-14)9-19(24-12)21-10-15-11-22-25-20(15)13-3-5-17(27-2)6-4-13/h3-6,9,11,14,16,26H,7-8,10H2,1-2H3,(H,22,25)(H,21,23,24). The molecule has 3 N–H and O–H groups in total. The fourth-order valence-corrected chi connectivity index (χ4v) is 3.36. The van der Waals surface area contributed by atoms with Crippen LogP contribution in [0.3, 0.4) is 0 Å². The fourth-order valence-electron chi connectivity index (χ4n) is 3.36. The molecule has 0 amide bonds. The molecule has 0 radical (unpaired) electrons. The van der Waals surface area contributed by atoms with Crippen molar-refractivity contribution in [2.24, 2.45) is 0 Å². The van der Waals surface area contributed by atoms with Gasteiger partial charge in [0.25, 0.3) is 0 Å². The predicted octanol–water partition coefficient (Wildman–Crippen LogP) is 3.03. The van der Waals surface area contributed by atoms with Crippen molar-refractivity contribution in [1.82, 2.24) is 20.2 Å². The van der Waals surface area contributed by atoms with Gasteiger partial charge in [-0.05, 0) is 44.0 Å². The zero-order valence-electron chi connectivity index (χ0n) is 15.4. The number of nitrogens with one attached hydrogen (secondary N) is 2. The number of aromatic amines is 1. The Morgan fingerprint density at radius 3 is 2.70 bits per heavy atom. The van der Waals surface area contributed by atoms with Crippen molar-refractivity contribution in [3.63, 3.8) is 0 Å². The number of benzene rings is 1. The van der Waals surface area contributed by atoms with Gasteiger partial charge in [0.05, 0.1) is 25.1 Å². The molecule has 3 aromatic rings. The molecule has 140 valence electrons. The topological polar surface area (TPSA) is 96.0 Å². The zero-order valence-corrected chi connectivity index (χ0v) is 15.4. The van der Waals surface area contributed by atoms with Gasteiger partial charge in [0, 0.05) is 35.3 Å². The lowest BCUT2D eigenvalue weighted by Gasteiger charge is -2.31. The Hall–Kier alpha value is -2.93. The lowest BCUT2D eigenvalue weighted by molar-refractivity contribution is 0.0731. The van der Waals surface area contributed by atoms with E-state index in [1.807, 2.05) is 43.5 Å². The summed E-state index contributed by atoms with van der Waals surface area (Å²) in [5.74, 6) is 2.67. The van der Waals surface area contributed by atoms with Gasteiger partial charge in [-0.25, -0.2) is 9.97 Å². The Kier molecular flexibility index (Phi) is 4.77. The molecule has 4 rings (SSSR count). The summed E-state index contributed by atoms with van der Waals surface area (Å²) >= 11 is 0. The smallest absolute Gasteiger partial charge is 0.130 e. The Balaban J connectivity index is 1.49. The SMILES string of the molecule is COc1ccc(-c2[nH]ncc2CNc2cc(C3CC(O)C3)nc(C)n2)cc1. The molecule has 2 heterocycles. The van der Waals surface area contributed by atoms with E-state index in [1.165, 1.54) is 0 Å². The van der Waals surface area contributed by atoms with Crippen LogP contribution in [0.15, 0.2) is 36.5 Å². The maximum absolute atomic E-state index is 9.54. The molecule has 1 fully saturated rings. The van der Waals surface area contributed by atoms with Crippen LogP contribution < -0.4 is 10.1 Å². The lowest BCUT2D eigenvalue weighted by atomic mass is 9.80. The second kappa shape index (κ2) is 7.36. The Morgan fingerprint density at radius 1 is 1.22 bits per heavy atom. The molecule has 1 aliphatic rings. The number of aromatic nitrogens is 4. The number of aryl methyl sites for hydroxylation is 1. The first kappa shape index (κ1) is 17.5. The Labute approximate surface area is 157 Å². The molecule has 7 heteroatoms. The van der Waals surface area contributed by atoms with Crippen LogP contribution in [0.25, 0.3) is 11.3 Å². The fraction of sp³-hybridized carbons (Fsp3) is 0.350. The highest BCUT2D eigenvalue weighted by molar-refractivity contribution is 5.64. The molecule has 1 saturated carbocycles. The van der Waals surface area contributed by atoms with Gasteiger partial charge in [-0.1, -0.05) is 0 Å². The molecule has 0 atom stereocenters. The van der Waals surface area contributed by atoms with Crippen molar-refractivity contribution in [1.29, 1.82) is 0 Å². The average Bonchev–Trinajstić information content (AvgIpc) is 3.12. The first-order chi connectivity index (χ1) is 13.1. The highest BCUT2D eigenvalue weighted by atomic mass is 16.5. The summed E-state index contributed by atoms with van der Waals surface area (Å²) < 4.78 is 5.22. The van der Waals surface area contributed by atoms with E-state index in [9.17, 15) is 5.11 Å². The predicted molar refractivity (Wildman–Crippen MR) is 103 cm³/mol. The normalized spacial score (nSPS) is 18.8. The zero-order chi connectivity index (χ0) is 18.8. The molecule has 0 bridgehead atoms. The van der Waals surface area contributed by atoms with Gasteiger partial charge in [0.1, 0.15) is 17.4 Å². The first-order valence-electron chi connectivity index (χ1n) is 9.06. The number of rotatable bonds is 6. The van der Waals surface area contributed by atoms with Crippen LogP contribution in [0.5, 0.6) is 5.75 Å². The van der Waals surface area contributed by atoms with Crippen LogP contribution >= 0.6 is 0 Å². The van der Waals surface area contributed by atoms with Crippen molar-refractivity contribution in [3.8, 4) is 17.0 Å². The van der Waals surface area contributed by atoms with E-state index in [1.54, 1.807) is 7.11 Å². The second-order valence-electron chi connectivity index (χ2n) is 6.90. The number of ether oxygens (including phenoxy) is 1. The maximum Gasteiger partial charge on any atom is 0.130 e. The number of aliphatic hydroxyl groups is 1. The number of H-pyrrole nitrogens is 1. The minimum absolute atomic E-state index is 0.195. The van der Waals surface area contributed by atoms with Gasteiger partial charge in [0.2, 0.25) is 0 Å². The third kappa shape index (κ3) is 3.78. The molecule has 0 unspecified atom stereocenters. The summed E-state index contributed by atoms with van der Waals surface area (Å²) in [6.45, 7) is 2.49. The third-order valence-corrected chi connectivity index (χ3v) is 4.95. The number of anilines is 1. The molecule has 0 spiro atoms. The quantitative estimate of drug-likeness (QED) is 0.621. The van der Waals surface area contributed by atoms with Crippen LogP contribution in [-0.2, 0) is 6.54 Å². The molecule has 0 saturated heterocycles. The van der Waals surface area contributed by atoms with E-state index in [-0.39, 0.29) is 6.10 Å². The average molecular weight is 365 g/mol. The monoisotopic (exact) mass is 365 g/mol. The van der Waals surface area contributed by atoms with Crippen LogP contribution in [0.2, 0.25) is 0 Å². The number of hydrogen-bond donors (Lipinski definition) is 3. The molecular weight excluding hydrogens is 342 g/mol. The minimum atomic E-state index is -0.195. The molecule has 1 aliphatic carbocycles. The van der Waals surface area contributed by atoms with Crippen molar-refractivity contribution in [3.05, 3.63) is 53.6 Å². The number of methoxy groups -OCH3 is 1. The minimum Gasteiger partial charge on any atom is -0.497 e. The van der Waals surface area contributed by atoms with E-state index < -0.39 is 0 Å².